The van der Waals surface area contributed by atoms with Gasteiger partial charge in [-0.25, -0.2) is 0 Å². The minimum atomic E-state index is 0.636. The van der Waals surface area contributed by atoms with E-state index in [-0.39, 0.29) is 0 Å². The van der Waals surface area contributed by atoms with Gasteiger partial charge in [0.25, 0.3) is 0 Å². The van der Waals surface area contributed by atoms with Crippen molar-refractivity contribution < 1.29 is 4.74 Å². The van der Waals surface area contributed by atoms with Crippen LogP contribution in [-0.4, -0.2) is 44.3 Å². The van der Waals surface area contributed by atoms with Crippen molar-refractivity contribution in [2.75, 3.05) is 33.4 Å². The average Bonchev–Trinajstić information content (AvgIpc) is 2.98. The fourth-order valence-corrected chi connectivity index (χ4v) is 3.45. The van der Waals surface area contributed by atoms with Crippen LogP contribution in [0.1, 0.15) is 17.7 Å². The Morgan fingerprint density at radius 3 is 3.11 bits per heavy atom. The lowest BCUT2D eigenvalue weighted by molar-refractivity contribution is 0.139. The normalized spacial score (nSPS) is 19.8. The zero-order valence-electron chi connectivity index (χ0n) is 10.8. The smallest absolute Gasteiger partial charge is 0.0589 e. The molecule has 3 nitrogen and oxygen atoms in total. The van der Waals surface area contributed by atoms with Gasteiger partial charge in [-0.1, -0.05) is 11.6 Å². The molecule has 2 heterocycles. The predicted molar refractivity (Wildman–Crippen MR) is 77.5 cm³/mol. The average molecular weight is 289 g/mol. The number of ether oxygens (including phenoxy) is 1. The van der Waals surface area contributed by atoms with Crippen LogP contribution in [0.2, 0.25) is 5.02 Å². The van der Waals surface area contributed by atoms with E-state index in [0.29, 0.717) is 6.04 Å². The van der Waals surface area contributed by atoms with Gasteiger partial charge in [0, 0.05) is 43.0 Å². The Hall–Kier alpha value is -0.130. The van der Waals surface area contributed by atoms with Gasteiger partial charge in [0.15, 0.2) is 0 Å². The molecule has 1 aromatic rings. The van der Waals surface area contributed by atoms with E-state index < -0.39 is 0 Å². The maximum Gasteiger partial charge on any atom is 0.0589 e. The fourth-order valence-electron chi connectivity index (χ4n) is 2.34. The lowest BCUT2D eigenvalue weighted by atomic mass is 10.2. The van der Waals surface area contributed by atoms with Crippen molar-refractivity contribution >= 4 is 22.9 Å². The van der Waals surface area contributed by atoms with Crippen LogP contribution in [0.25, 0.3) is 0 Å². The van der Waals surface area contributed by atoms with Gasteiger partial charge in [-0.15, -0.1) is 11.3 Å². The van der Waals surface area contributed by atoms with Crippen molar-refractivity contribution in [3.05, 3.63) is 21.3 Å². The maximum absolute atomic E-state index is 5.97. The second kappa shape index (κ2) is 7.46. The van der Waals surface area contributed by atoms with Crippen molar-refractivity contribution in [1.29, 1.82) is 0 Å². The molecule has 1 aliphatic heterocycles. The fraction of sp³-hybridized carbons (Fsp3) is 0.692. The first-order valence-electron chi connectivity index (χ1n) is 6.45. The quantitative estimate of drug-likeness (QED) is 0.835. The molecular formula is C13H21ClN2OS. The number of halogens is 1. The summed E-state index contributed by atoms with van der Waals surface area (Å²) in [6, 6.07) is 2.70. The Labute approximate surface area is 118 Å². The third kappa shape index (κ3) is 4.52. The lowest BCUT2D eigenvalue weighted by Crippen LogP contribution is -2.38. The second-order valence-corrected chi connectivity index (χ2v) is 6.18. The standard InChI is InChI=1S/C13H21ClN2OS/c1-17-6-5-16(8-12-3-2-4-15-12)9-13-7-11(14)10-18-13/h7,10,12,15H,2-6,8-9H2,1H3. The number of thiophene rings is 1. The van der Waals surface area contributed by atoms with Crippen molar-refractivity contribution in [3.8, 4) is 0 Å². The third-order valence-corrected chi connectivity index (χ3v) is 4.52. The highest BCUT2D eigenvalue weighted by molar-refractivity contribution is 7.10. The predicted octanol–water partition coefficient (Wildman–Crippen LogP) is 2.60. The van der Waals surface area contributed by atoms with E-state index in [1.54, 1.807) is 18.4 Å². The first kappa shape index (κ1) is 14.3. The molecule has 0 amide bonds. The molecule has 1 aliphatic rings. The molecule has 0 spiro atoms. The first-order valence-corrected chi connectivity index (χ1v) is 7.71. The van der Waals surface area contributed by atoms with Crippen molar-refractivity contribution in [2.24, 2.45) is 0 Å². The zero-order valence-corrected chi connectivity index (χ0v) is 12.4. The van der Waals surface area contributed by atoms with E-state index in [1.807, 2.05) is 5.38 Å². The summed E-state index contributed by atoms with van der Waals surface area (Å²) < 4.78 is 5.19. The monoisotopic (exact) mass is 288 g/mol. The van der Waals surface area contributed by atoms with Gasteiger partial charge in [-0.3, -0.25) is 4.90 Å². The summed E-state index contributed by atoms with van der Waals surface area (Å²) in [5.74, 6) is 0. The van der Waals surface area contributed by atoms with Crippen LogP contribution in [-0.2, 0) is 11.3 Å². The van der Waals surface area contributed by atoms with E-state index in [0.717, 1.165) is 37.8 Å². The molecule has 1 aromatic heterocycles. The maximum atomic E-state index is 5.97. The molecule has 2 rings (SSSR count). The summed E-state index contributed by atoms with van der Waals surface area (Å²) in [6.45, 7) is 4.99. The van der Waals surface area contributed by atoms with Crippen LogP contribution in [0.15, 0.2) is 11.4 Å². The van der Waals surface area contributed by atoms with Gasteiger partial charge >= 0.3 is 0 Å². The largest absolute Gasteiger partial charge is 0.383 e. The molecule has 0 aromatic carbocycles. The van der Waals surface area contributed by atoms with Gasteiger partial charge in [0.1, 0.15) is 0 Å². The van der Waals surface area contributed by atoms with Crippen LogP contribution in [0, 0.1) is 0 Å². The van der Waals surface area contributed by atoms with Crippen LogP contribution < -0.4 is 5.32 Å². The summed E-state index contributed by atoms with van der Waals surface area (Å²) in [5.41, 5.74) is 0. The van der Waals surface area contributed by atoms with Crippen molar-refractivity contribution in [2.45, 2.75) is 25.4 Å². The molecule has 1 saturated heterocycles. The van der Waals surface area contributed by atoms with Gasteiger partial charge < -0.3 is 10.1 Å². The third-order valence-electron chi connectivity index (χ3n) is 3.25. The molecule has 1 atom stereocenters. The molecule has 1 unspecified atom stereocenters. The lowest BCUT2D eigenvalue weighted by Gasteiger charge is -2.24. The van der Waals surface area contributed by atoms with Crippen molar-refractivity contribution in [1.82, 2.24) is 10.2 Å². The molecule has 0 bridgehead atoms. The number of hydrogen-bond donors (Lipinski definition) is 1. The number of methoxy groups -OCH3 is 1. The summed E-state index contributed by atoms with van der Waals surface area (Å²) in [5, 5.41) is 6.40. The number of hydrogen-bond acceptors (Lipinski definition) is 4. The number of nitrogens with one attached hydrogen (secondary N) is 1. The highest BCUT2D eigenvalue weighted by Crippen LogP contribution is 2.21. The van der Waals surface area contributed by atoms with Crippen LogP contribution in [0.5, 0.6) is 0 Å². The Kier molecular flexibility index (Phi) is 5.92. The van der Waals surface area contributed by atoms with Crippen LogP contribution >= 0.6 is 22.9 Å². The summed E-state index contributed by atoms with van der Waals surface area (Å²) in [6.07, 6.45) is 2.59. The molecule has 5 heteroatoms. The number of nitrogens with zero attached hydrogens (tertiary/aromatic N) is 1. The first-order chi connectivity index (χ1) is 8.78. The van der Waals surface area contributed by atoms with Gasteiger partial charge in [0.2, 0.25) is 0 Å². The molecular weight excluding hydrogens is 268 g/mol. The van der Waals surface area contributed by atoms with Crippen molar-refractivity contribution in [3.63, 3.8) is 0 Å². The molecule has 0 radical (unpaired) electrons. The van der Waals surface area contributed by atoms with Gasteiger partial charge in [0.05, 0.1) is 11.6 Å². The molecule has 102 valence electrons. The molecule has 18 heavy (non-hydrogen) atoms. The van der Waals surface area contributed by atoms with Crippen LogP contribution in [0.3, 0.4) is 0 Å². The van der Waals surface area contributed by atoms with E-state index in [2.05, 4.69) is 16.3 Å². The number of rotatable bonds is 7. The van der Waals surface area contributed by atoms with Gasteiger partial charge in [-0.05, 0) is 25.5 Å². The van der Waals surface area contributed by atoms with E-state index in [4.69, 9.17) is 16.3 Å². The second-order valence-electron chi connectivity index (χ2n) is 4.75. The van der Waals surface area contributed by atoms with E-state index >= 15 is 0 Å². The van der Waals surface area contributed by atoms with Gasteiger partial charge in [-0.2, -0.15) is 0 Å². The molecule has 1 N–H and O–H groups in total. The topological polar surface area (TPSA) is 24.5 Å². The summed E-state index contributed by atoms with van der Waals surface area (Å²) in [4.78, 5) is 3.78. The Morgan fingerprint density at radius 2 is 2.50 bits per heavy atom. The highest BCUT2D eigenvalue weighted by Gasteiger charge is 2.18. The molecule has 1 fully saturated rings. The zero-order chi connectivity index (χ0) is 12.8. The van der Waals surface area contributed by atoms with Crippen LogP contribution in [0.4, 0.5) is 0 Å². The minimum Gasteiger partial charge on any atom is -0.383 e. The SMILES string of the molecule is COCCN(Cc1cc(Cl)cs1)CC1CCCN1. The summed E-state index contributed by atoms with van der Waals surface area (Å²) in [7, 11) is 1.76. The highest BCUT2D eigenvalue weighted by atomic mass is 35.5. The Morgan fingerprint density at radius 1 is 1.61 bits per heavy atom. The summed E-state index contributed by atoms with van der Waals surface area (Å²) >= 11 is 7.71. The molecule has 0 saturated carbocycles. The van der Waals surface area contributed by atoms with E-state index in [9.17, 15) is 0 Å². The van der Waals surface area contributed by atoms with E-state index in [1.165, 1.54) is 17.7 Å². The molecule has 0 aliphatic carbocycles. The Balaban J connectivity index is 1.86. The minimum absolute atomic E-state index is 0.636. The Bertz CT molecular complexity index is 353.